The van der Waals surface area contributed by atoms with Crippen molar-refractivity contribution in [2.45, 2.75) is 51.1 Å². The molecule has 1 aliphatic carbocycles. The van der Waals surface area contributed by atoms with Gasteiger partial charge in [0.2, 0.25) is 0 Å². The fourth-order valence-corrected chi connectivity index (χ4v) is 4.50. The summed E-state index contributed by atoms with van der Waals surface area (Å²) in [6.07, 6.45) is 6.60. The van der Waals surface area contributed by atoms with Gasteiger partial charge in [0, 0.05) is 25.2 Å². The van der Waals surface area contributed by atoms with Crippen molar-refractivity contribution in [1.82, 2.24) is 4.90 Å². The van der Waals surface area contributed by atoms with E-state index in [1.165, 1.54) is 44.2 Å². The molecule has 2 N–H and O–H groups in total. The predicted octanol–water partition coefficient (Wildman–Crippen LogP) is 3.13. The van der Waals surface area contributed by atoms with Crippen molar-refractivity contribution in [3.8, 4) is 0 Å². The Morgan fingerprint density at radius 2 is 2.26 bits per heavy atom. The Balaban J connectivity index is 1.62. The molecule has 1 saturated carbocycles. The Hall–Kier alpha value is -0.380. The van der Waals surface area contributed by atoms with Gasteiger partial charge in [0.05, 0.1) is 0 Å². The lowest BCUT2D eigenvalue weighted by Gasteiger charge is -2.41. The summed E-state index contributed by atoms with van der Waals surface area (Å²) in [6.45, 7) is 4.73. The van der Waals surface area contributed by atoms with E-state index in [1.807, 2.05) is 11.3 Å². The average molecular weight is 278 g/mol. The first-order chi connectivity index (χ1) is 9.26. The van der Waals surface area contributed by atoms with Gasteiger partial charge in [-0.15, -0.1) is 0 Å². The van der Waals surface area contributed by atoms with E-state index in [0.29, 0.717) is 6.04 Å². The molecule has 3 unspecified atom stereocenters. The van der Waals surface area contributed by atoms with Crippen LogP contribution >= 0.6 is 11.3 Å². The number of nitrogens with two attached hydrogens (primary N) is 1. The van der Waals surface area contributed by atoms with Crippen molar-refractivity contribution in [3.05, 3.63) is 22.4 Å². The SMILES string of the molecule is CCC(C1CC1)N1CC(N)CC(Cc2ccsc2)C1. The van der Waals surface area contributed by atoms with Crippen LogP contribution in [0, 0.1) is 11.8 Å². The molecular weight excluding hydrogens is 252 g/mol. The zero-order chi connectivity index (χ0) is 13.2. The van der Waals surface area contributed by atoms with Crippen LogP contribution in [0.4, 0.5) is 0 Å². The first kappa shape index (κ1) is 13.6. The van der Waals surface area contributed by atoms with Gasteiger partial charge in [-0.25, -0.2) is 0 Å². The van der Waals surface area contributed by atoms with Crippen molar-refractivity contribution in [2.24, 2.45) is 17.6 Å². The third kappa shape index (κ3) is 3.39. The smallest absolute Gasteiger partial charge is 0.0171 e. The number of hydrogen-bond donors (Lipinski definition) is 1. The molecule has 1 aromatic rings. The second-order valence-electron chi connectivity index (χ2n) is 6.46. The molecule has 0 amide bonds. The molecule has 3 rings (SSSR count). The summed E-state index contributed by atoms with van der Waals surface area (Å²) in [4.78, 5) is 2.71. The Bertz CT molecular complexity index is 385. The Kier molecular flexibility index (Phi) is 4.25. The highest BCUT2D eigenvalue weighted by Crippen LogP contribution is 2.38. The molecule has 2 fully saturated rings. The van der Waals surface area contributed by atoms with Gasteiger partial charge in [-0.1, -0.05) is 6.92 Å². The second-order valence-corrected chi connectivity index (χ2v) is 7.24. The van der Waals surface area contributed by atoms with Crippen molar-refractivity contribution >= 4 is 11.3 Å². The molecule has 19 heavy (non-hydrogen) atoms. The summed E-state index contributed by atoms with van der Waals surface area (Å²) >= 11 is 1.81. The predicted molar refractivity (Wildman–Crippen MR) is 82.5 cm³/mol. The topological polar surface area (TPSA) is 29.3 Å². The standard InChI is InChI=1S/C16H26N2S/c1-2-16(14-3-4-14)18-9-13(8-15(17)10-18)7-12-5-6-19-11-12/h5-6,11,13-16H,2-4,7-10,17H2,1H3. The molecule has 0 aromatic carbocycles. The molecule has 1 aromatic heterocycles. The highest BCUT2D eigenvalue weighted by molar-refractivity contribution is 7.07. The maximum absolute atomic E-state index is 6.32. The third-order valence-electron chi connectivity index (χ3n) is 4.76. The molecule has 0 bridgehead atoms. The fraction of sp³-hybridized carbons (Fsp3) is 0.750. The van der Waals surface area contributed by atoms with Gasteiger partial charge >= 0.3 is 0 Å². The van der Waals surface area contributed by atoms with E-state index in [-0.39, 0.29) is 0 Å². The fourth-order valence-electron chi connectivity index (χ4n) is 3.82. The van der Waals surface area contributed by atoms with E-state index in [4.69, 9.17) is 5.73 Å². The quantitative estimate of drug-likeness (QED) is 0.896. The highest BCUT2D eigenvalue weighted by atomic mass is 32.1. The minimum Gasteiger partial charge on any atom is -0.327 e. The van der Waals surface area contributed by atoms with Crippen molar-refractivity contribution in [3.63, 3.8) is 0 Å². The number of hydrogen-bond acceptors (Lipinski definition) is 3. The van der Waals surface area contributed by atoms with Gasteiger partial charge in [0.1, 0.15) is 0 Å². The van der Waals surface area contributed by atoms with E-state index >= 15 is 0 Å². The van der Waals surface area contributed by atoms with Crippen LogP contribution in [-0.2, 0) is 6.42 Å². The summed E-state index contributed by atoms with van der Waals surface area (Å²) in [5.41, 5.74) is 7.82. The van der Waals surface area contributed by atoms with E-state index in [9.17, 15) is 0 Å². The van der Waals surface area contributed by atoms with E-state index in [0.717, 1.165) is 24.4 Å². The van der Waals surface area contributed by atoms with Gasteiger partial charge in [0.25, 0.3) is 0 Å². The van der Waals surface area contributed by atoms with Crippen LogP contribution in [-0.4, -0.2) is 30.1 Å². The molecular formula is C16H26N2S. The van der Waals surface area contributed by atoms with Crippen LogP contribution in [0.15, 0.2) is 16.8 Å². The van der Waals surface area contributed by atoms with Gasteiger partial charge in [-0.2, -0.15) is 11.3 Å². The molecule has 0 spiro atoms. The number of nitrogens with zero attached hydrogens (tertiary/aromatic N) is 1. The minimum atomic E-state index is 0.380. The van der Waals surface area contributed by atoms with Crippen LogP contribution in [0.3, 0.4) is 0 Å². The Morgan fingerprint density at radius 3 is 2.89 bits per heavy atom. The summed E-state index contributed by atoms with van der Waals surface area (Å²) < 4.78 is 0. The van der Waals surface area contributed by atoms with Crippen molar-refractivity contribution in [1.29, 1.82) is 0 Å². The largest absolute Gasteiger partial charge is 0.327 e. The third-order valence-corrected chi connectivity index (χ3v) is 5.49. The lowest BCUT2D eigenvalue weighted by Crippen LogP contribution is -2.52. The zero-order valence-electron chi connectivity index (χ0n) is 11.9. The lowest BCUT2D eigenvalue weighted by atomic mass is 9.88. The molecule has 2 aliphatic rings. The summed E-state index contributed by atoms with van der Waals surface area (Å²) in [7, 11) is 0. The molecule has 1 saturated heterocycles. The normalized spacial score (nSPS) is 30.4. The summed E-state index contributed by atoms with van der Waals surface area (Å²) in [5, 5.41) is 4.48. The Labute approximate surface area is 121 Å². The van der Waals surface area contributed by atoms with Gasteiger partial charge in [0.15, 0.2) is 0 Å². The zero-order valence-corrected chi connectivity index (χ0v) is 12.7. The van der Waals surface area contributed by atoms with Crippen LogP contribution in [0.25, 0.3) is 0 Å². The van der Waals surface area contributed by atoms with E-state index in [2.05, 4.69) is 28.7 Å². The Morgan fingerprint density at radius 1 is 1.42 bits per heavy atom. The number of likely N-dealkylation sites (tertiary alicyclic amines) is 1. The molecule has 3 atom stereocenters. The van der Waals surface area contributed by atoms with Gasteiger partial charge < -0.3 is 5.73 Å². The molecule has 1 aliphatic heterocycles. The molecule has 3 heteroatoms. The minimum absolute atomic E-state index is 0.380. The van der Waals surface area contributed by atoms with Crippen LogP contribution < -0.4 is 5.73 Å². The maximum Gasteiger partial charge on any atom is 0.0171 e. The van der Waals surface area contributed by atoms with Gasteiger partial charge in [-0.3, -0.25) is 4.90 Å². The van der Waals surface area contributed by atoms with Crippen molar-refractivity contribution < 1.29 is 0 Å². The molecule has 2 heterocycles. The molecule has 0 radical (unpaired) electrons. The first-order valence-electron chi connectivity index (χ1n) is 7.77. The monoisotopic (exact) mass is 278 g/mol. The lowest BCUT2D eigenvalue weighted by molar-refractivity contribution is 0.0942. The summed E-state index contributed by atoms with van der Waals surface area (Å²) in [5.74, 6) is 1.73. The number of piperidine rings is 1. The van der Waals surface area contributed by atoms with E-state index in [1.54, 1.807) is 0 Å². The van der Waals surface area contributed by atoms with Gasteiger partial charge in [-0.05, 0) is 66.3 Å². The van der Waals surface area contributed by atoms with E-state index < -0.39 is 0 Å². The molecule has 2 nitrogen and oxygen atoms in total. The van der Waals surface area contributed by atoms with Crippen molar-refractivity contribution in [2.75, 3.05) is 13.1 Å². The number of thiophene rings is 1. The van der Waals surface area contributed by atoms with Crippen LogP contribution in [0.5, 0.6) is 0 Å². The maximum atomic E-state index is 6.32. The number of rotatable bonds is 5. The summed E-state index contributed by atoms with van der Waals surface area (Å²) in [6, 6.07) is 3.45. The highest BCUT2D eigenvalue weighted by Gasteiger charge is 2.37. The molecule has 106 valence electrons. The second kappa shape index (κ2) is 5.94. The average Bonchev–Trinajstić information content (AvgIpc) is 3.07. The van der Waals surface area contributed by atoms with Crippen LogP contribution in [0.1, 0.15) is 38.2 Å². The van der Waals surface area contributed by atoms with Crippen LogP contribution in [0.2, 0.25) is 0 Å². The first-order valence-corrected chi connectivity index (χ1v) is 8.71.